The van der Waals surface area contributed by atoms with Gasteiger partial charge in [-0.15, -0.1) is 11.3 Å². The van der Waals surface area contributed by atoms with Crippen molar-refractivity contribution < 1.29 is 9.47 Å². The van der Waals surface area contributed by atoms with Gasteiger partial charge in [0.2, 0.25) is 0 Å². The molecule has 2 aliphatic rings. The van der Waals surface area contributed by atoms with E-state index >= 15 is 0 Å². The first-order chi connectivity index (χ1) is 12.1. The fourth-order valence-electron chi connectivity index (χ4n) is 3.53. The molecule has 2 fully saturated rings. The van der Waals surface area contributed by atoms with Crippen LogP contribution in [0.3, 0.4) is 0 Å². The zero-order chi connectivity index (χ0) is 18.0. The number of halogens is 1. The molecule has 6 heteroatoms. The Balaban J connectivity index is 0.000000250. The highest BCUT2D eigenvalue weighted by atomic mass is 35.5. The molecule has 2 unspecified atom stereocenters. The van der Waals surface area contributed by atoms with Crippen molar-refractivity contribution in [1.82, 2.24) is 4.98 Å². The molecule has 2 N–H and O–H groups in total. The van der Waals surface area contributed by atoms with Crippen LogP contribution in [0.25, 0.3) is 11.3 Å². The zero-order valence-electron chi connectivity index (χ0n) is 15.0. The molecule has 0 bridgehead atoms. The molecule has 2 saturated carbocycles. The van der Waals surface area contributed by atoms with E-state index in [1.54, 1.807) is 39.5 Å². The molecule has 0 radical (unpaired) electrons. The average molecular weight is 381 g/mol. The number of nitrogen functional groups attached to an aromatic ring is 1. The fraction of sp³-hybridized carbons (Fsp3) is 0.526. The minimum atomic E-state index is 0.504. The quantitative estimate of drug-likeness (QED) is 0.768. The maximum Gasteiger partial charge on any atom is 0.180 e. The van der Waals surface area contributed by atoms with Crippen LogP contribution in [0.15, 0.2) is 12.1 Å². The molecule has 4 nitrogen and oxygen atoms in total. The van der Waals surface area contributed by atoms with Crippen LogP contribution in [0.1, 0.15) is 37.5 Å². The summed E-state index contributed by atoms with van der Waals surface area (Å²) < 4.78 is 10.6. The van der Waals surface area contributed by atoms with Crippen molar-refractivity contribution in [1.29, 1.82) is 0 Å². The van der Waals surface area contributed by atoms with Crippen molar-refractivity contribution in [3.05, 3.63) is 22.0 Å². The van der Waals surface area contributed by atoms with Crippen LogP contribution < -0.4 is 15.2 Å². The zero-order valence-corrected chi connectivity index (χ0v) is 16.5. The molecular formula is C19H25ClN2O2S. The first-order valence-corrected chi connectivity index (χ1v) is 9.93. The Morgan fingerprint density at radius 1 is 1.20 bits per heavy atom. The molecule has 1 heterocycles. The number of benzene rings is 1. The summed E-state index contributed by atoms with van der Waals surface area (Å²) in [7, 11) is 3.18. The monoisotopic (exact) mass is 380 g/mol. The van der Waals surface area contributed by atoms with Gasteiger partial charge in [0.1, 0.15) is 11.5 Å². The first-order valence-electron chi connectivity index (χ1n) is 8.74. The van der Waals surface area contributed by atoms with Crippen LogP contribution in [-0.2, 0) is 6.42 Å². The van der Waals surface area contributed by atoms with Crippen LogP contribution >= 0.6 is 22.9 Å². The number of nitrogens with two attached hydrogens (primary N) is 1. The van der Waals surface area contributed by atoms with Crippen molar-refractivity contribution in [3.8, 4) is 22.8 Å². The number of methoxy groups -OCH3 is 2. The van der Waals surface area contributed by atoms with E-state index in [4.69, 9.17) is 26.8 Å². The Kier molecular flexibility index (Phi) is 5.74. The average Bonchev–Trinajstić information content (AvgIpc) is 3.03. The molecule has 136 valence electrons. The first kappa shape index (κ1) is 18.3. The van der Waals surface area contributed by atoms with Gasteiger partial charge in [0.05, 0.1) is 24.9 Å². The van der Waals surface area contributed by atoms with Gasteiger partial charge in [0.15, 0.2) is 5.13 Å². The molecule has 2 atom stereocenters. The van der Waals surface area contributed by atoms with Crippen LogP contribution in [0.5, 0.6) is 11.5 Å². The predicted octanol–water partition coefficient (Wildman–Crippen LogP) is 5.43. The summed E-state index contributed by atoms with van der Waals surface area (Å²) in [6.45, 7) is 2.07. The lowest BCUT2D eigenvalue weighted by atomic mass is 10.1. The topological polar surface area (TPSA) is 57.4 Å². The minimum Gasteiger partial charge on any atom is -0.496 e. The summed E-state index contributed by atoms with van der Waals surface area (Å²) in [5, 5.41) is 1.05. The standard InChI is InChI=1S/C13H15ClN2O2S.C6H10/c1-4-11-12(16-13(15)19-11)7-5-10(18-3)8(14)6-9(7)17-2;1-2-5-4-6(5)3-1/h5-6H,4H2,1-3H3,(H2,15,16);5-6H,1-4H2. The second kappa shape index (κ2) is 7.83. The van der Waals surface area contributed by atoms with E-state index in [1.807, 2.05) is 6.07 Å². The molecule has 1 aromatic carbocycles. The van der Waals surface area contributed by atoms with Crippen LogP contribution in [0.4, 0.5) is 5.13 Å². The number of rotatable bonds is 4. The Labute approximate surface area is 158 Å². The molecule has 0 spiro atoms. The van der Waals surface area contributed by atoms with Gasteiger partial charge in [-0.3, -0.25) is 0 Å². The van der Waals surface area contributed by atoms with Crippen molar-refractivity contribution in [3.63, 3.8) is 0 Å². The SMILES string of the molecule is C1CC2CC2C1.CCc1sc(N)nc1-c1cc(OC)c(Cl)cc1OC. The number of ether oxygens (including phenoxy) is 2. The molecule has 0 amide bonds. The number of hydrogen-bond acceptors (Lipinski definition) is 5. The Hall–Kier alpha value is -1.46. The highest BCUT2D eigenvalue weighted by Crippen LogP contribution is 2.51. The molecule has 25 heavy (non-hydrogen) atoms. The van der Waals surface area contributed by atoms with Gasteiger partial charge >= 0.3 is 0 Å². The van der Waals surface area contributed by atoms with E-state index in [9.17, 15) is 0 Å². The molecule has 0 saturated heterocycles. The van der Waals surface area contributed by atoms with E-state index in [1.165, 1.54) is 29.6 Å². The summed E-state index contributed by atoms with van der Waals surface area (Å²) in [5.74, 6) is 3.67. The van der Waals surface area contributed by atoms with Crippen LogP contribution in [0.2, 0.25) is 5.02 Å². The van der Waals surface area contributed by atoms with E-state index in [0.29, 0.717) is 21.7 Å². The number of aryl methyl sites for hydroxylation is 1. The molecule has 0 aliphatic heterocycles. The maximum absolute atomic E-state index is 6.10. The number of nitrogens with zero attached hydrogens (tertiary/aromatic N) is 1. The third-order valence-corrected chi connectivity index (χ3v) is 6.31. The van der Waals surface area contributed by atoms with E-state index < -0.39 is 0 Å². The van der Waals surface area contributed by atoms with Gasteiger partial charge in [-0.25, -0.2) is 4.98 Å². The molecule has 1 aromatic heterocycles. The van der Waals surface area contributed by atoms with Crippen molar-refractivity contribution in [2.75, 3.05) is 20.0 Å². The van der Waals surface area contributed by atoms with Gasteiger partial charge < -0.3 is 15.2 Å². The second-order valence-electron chi connectivity index (χ2n) is 6.55. The maximum atomic E-state index is 6.10. The number of anilines is 1. The highest BCUT2D eigenvalue weighted by molar-refractivity contribution is 7.15. The highest BCUT2D eigenvalue weighted by Gasteiger charge is 2.40. The Bertz CT molecular complexity index is 739. The van der Waals surface area contributed by atoms with Gasteiger partial charge in [0, 0.05) is 16.5 Å². The van der Waals surface area contributed by atoms with E-state index in [0.717, 1.165) is 22.6 Å². The third kappa shape index (κ3) is 4.04. The lowest BCUT2D eigenvalue weighted by molar-refractivity contribution is 0.404. The summed E-state index contributed by atoms with van der Waals surface area (Å²) in [6.07, 6.45) is 7.10. The number of thiazole rings is 1. The van der Waals surface area contributed by atoms with Crippen LogP contribution in [-0.4, -0.2) is 19.2 Å². The molecule has 4 rings (SSSR count). The van der Waals surface area contributed by atoms with Crippen molar-refractivity contribution in [2.24, 2.45) is 11.8 Å². The molecule has 2 aliphatic carbocycles. The van der Waals surface area contributed by atoms with Gasteiger partial charge in [0.25, 0.3) is 0 Å². The minimum absolute atomic E-state index is 0.504. The number of aromatic nitrogens is 1. The largest absolute Gasteiger partial charge is 0.496 e. The molecular weight excluding hydrogens is 356 g/mol. The predicted molar refractivity (Wildman–Crippen MR) is 105 cm³/mol. The third-order valence-electron chi connectivity index (χ3n) is 4.98. The van der Waals surface area contributed by atoms with Crippen LogP contribution in [0, 0.1) is 11.8 Å². The summed E-state index contributed by atoms with van der Waals surface area (Å²) in [6, 6.07) is 3.56. The lowest BCUT2D eigenvalue weighted by Gasteiger charge is -2.11. The van der Waals surface area contributed by atoms with Crippen molar-refractivity contribution in [2.45, 2.75) is 39.0 Å². The normalized spacial score (nSPS) is 20.5. The van der Waals surface area contributed by atoms with E-state index in [2.05, 4.69) is 11.9 Å². The fourth-order valence-corrected chi connectivity index (χ4v) is 4.54. The lowest BCUT2D eigenvalue weighted by Crippen LogP contribution is -1.94. The Morgan fingerprint density at radius 3 is 2.36 bits per heavy atom. The number of hydrogen-bond donors (Lipinski definition) is 1. The van der Waals surface area contributed by atoms with Crippen molar-refractivity contribution >= 4 is 28.1 Å². The smallest absolute Gasteiger partial charge is 0.180 e. The van der Waals surface area contributed by atoms with Gasteiger partial charge in [-0.05, 0) is 30.7 Å². The number of fused-ring (bicyclic) bond motifs is 1. The van der Waals surface area contributed by atoms with E-state index in [-0.39, 0.29) is 0 Å². The summed E-state index contributed by atoms with van der Waals surface area (Å²) in [5.41, 5.74) is 7.47. The molecule has 2 aromatic rings. The summed E-state index contributed by atoms with van der Waals surface area (Å²) in [4.78, 5) is 5.49. The summed E-state index contributed by atoms with van der Waals surface area (Å²) >= 11 is 7.58. The second-order valence-corrected chi connectivity index (χ2v) is 8.07. The van der Waals surface area contributed by atoms with Gasteiger partial charge in [-0.2, -0.15) is 0 Å². The van der Waals surface area contributed by atoms with Gasteiger partial charge in [-0.1, -0.05) is 37.8 Å². The Morgan fingerprint density at radius 2 is 1.88 bits per heavy atom.